The van der Waals surface area contributed by atoms with Crippen LogP contribution in [0.1, 0.15) is 16.2 Å². The van der Waals surface area contributed by atoms with Gasteiger partial charge < -0.3 is 20.5 Å². The third-order valence-electron chi connectivity index (χ3n) is 2.79. The lowest BCUT2D eigenvalue weighted by Crippen LogP contribution is -2.10. The van der Waals surface area contributed by atoms with Crippen molar-refractivity contribution in [3.63, 3.8) is 0 Å². The molecule has 0 aliphatic carbocycles. The second-order valence-corrected chi connectivity index (χ2v) is 4.19. The van der Waals surface area contributed by atoms with E-state index in [0.717, 1.165) is 5.56 Å². The maximum atomic E-state index is 11.3. The van der Waals surface area contributed by atoms with Crippen molar-refractivity contribution in [2.24, 2.45) is 0 Å². The third kappa shape index (κ3) is 3.59. The van der Waals surface area contributed by atoms with Gasteiger partial charge in [0, 0.05) is 12.7 Å². The molecular weight excluding hydrogens is 272 g/mol. The molecular formula is C14H16N4O3. The number of nitrogens with two attached hydrogens (primary N) is 1. The quantitative estimate of drug-likeness (QED) is 0.634. The lowest BCUT2D eigenvalue weighted by atomic mass is 10.2. The summed E-state index contributed by atoms with van der Waals surface area (Å²) in [5.41, 5.74) is 7.37. The monoisotopic (exact) mass is 288 g/mol. The number of esters is 1. The van der Waals surface area contributed by atoms with Gasteiger partial charge in [0.2, 0.25) is 5.82 Å². The lowest BCUT2D eigenvalue weighted by molar-refractivity contribution is 0.0587. The molecule has 1 heterocycles. The Morgan fingerprint density at radius 2 is 2.14 bits per heavy atom. The van der Waals surface area contributed by atoms with Gasteiger partial charge in [-0.25, -0.2) is 14.8 Å². The summed E-state index contributed by atoms with van der Waals surface area (Å²) in [5.74, 6) is 0.595. The number of aromatic nitrogens is 2. The zero-order valence-electron chi connectivity index (χ0n) is 11.8. The minimum atomic E-state index is -0.577. The van der Waals surface area contributed by atoms with Crippen LogP contribution >= 0.6 is 0 Å². The van der Waals surface area contributed by atoms with Crippen molar-refractivity contribution in [3.8, 4) is 5.75 Å². The Hall–Kier alpha value is -2.83. The summed E-state index contributed by atoms with van der Waals surface area (Å²) in [4.78, 5) is 19.3. The number of carbonyl (C=O) groups excluding carboxylic acids is 1. The van der Waals surface area contributed by atoms with E-state index in [-0.39, 0.29) is 5.82 Å². The fourth-order valence-corrected chi connectivity index (χ4v) is 1.73. The average molecular weight is 288 g/mol. The maximum Gasteiger partial charge on any atom is 0.376 e. The van der Waals surface area contributed by atoms with Gasteiger partial charge in [-0.3, -0.25) is 0 Å². The van der Waals surface area contributed by atoms with Crippen molar-refractivity contribution in [3.05, 3.63) is 41.9 Å². The van der Waals surface area contributed by atoms with Crippen molar-refractivity contribution in [1.29, 1.82) is 0 Å². The highest BCUT2D eigenvalue weighted by Crippen LogP contribution is 2.22. The molecule has 0 atom stereocenters. The van der Waals surface area contributed by atoms with Gasteiger partial charge in [0.25, 0.3) is 0 Å². The SMILES string of the molecule is COC(=O)c1nccc(NCc2ccc(OC)c(N)c2)n1. The standard InChI is InChI=1S/C14H16N4O3/c1-20-11-4-3-9(7-10(11)15)8-17-12-5-6-16-13(18-12)14(19)21-2/h3-7H,8,15H2,1-2H3,(H,16,17,18). The molecule has 21 heavy (non-hydrogen) atoms. The predicted octanol–water partition coefficient (Wildman–Crippen LogP) is 1.47. The Bertz CT molecular complexity index is 646. The normalized spacial score (nSPS) is 10.0. The van der Waals surface area contributed by atoms with Gasteiger partial charge in [-0.1, -0.05) is 6.07 Å². The molecule has 0 saturated carbocycles. The molecule has 0 saturated heterocycles. The number of nitrogen functional groups attached to an aromatic ring is 1. The number of nitrogens with one attached hydrogen (secondary N) is 1. The molecule has 0 aliphatic rings. The average Bonchev–Trinajstić information content (AvgIpc) is 2.52. The molecule has 0 aliphatic heterocycles. The van der Waals surface area contributed by atoms with E-state index in [1.54, 1.807) is 19.2 Å². The second-order valence-electron chi connectivity index (χ2n) is 4.19. The number of methoxy groups -OCH3 is 2. The highest BCUT2D eigenvalue weighted by molar-refractivity contribution is 5.85. The first-order valence-corrected chi connectivity index (χ1v) is 6.21. The molecule has 0 radical (unpaired) electrons. The number of rotatable bonds is 5. The number of ether oxygens (including phenoxy) is 2. The molecule has 2 aromatic rings. The summed E-state index contributed by atoms with van der Waals surface area (Å²) >= 11 is 0. The van der Waals surface area contributed by atoms with Gasteiger partial charge >= 0.3 is 5.97 Å². The maximum absolute atomic E-state index is 11.3. The van der Waals surface area contributed by atoms with Crippen LogP contribution in [0, 0.1) is 0 Å². The Morgan fingerprint density at radius 1 is 1.33 bits per heavy atom. The van der Waals surface area contributed by atoms with Crippen LogP contribution in [0.2, 0.25) is 0 Å². The molecule has 0 amide bonds. The number of benzene rings is 1. The van der Waals surface area contributed by atoms with Crippen LogP contribution in [0.5, 0.6) is 5.75 Å². The van der Waals surface area contributed by atoms with Crippen molar-refractivity contribution in [2.45, 2.75) is 6.54 Å². The lowest BCUT2D eigenvalue weighted by Gasteiger charge is -2.09. The minimum absolute atomic E-state index is 0.0109. The van der Waals surface area contributed by atoms with Gasteiger partial charge in [-0.15, -0.1) is 0 Å². The fourth-order valence-electron chi connectivity index (χ4n) is 1.73. The Balaban J connectivity index is 2.06. The number of hydrogen-bond acceptors (Lipinski definition) is 7. The van der Waals surface area contributed by atoms with Crippen LogP contribution in [0.3, 0.4) is 0 Å². The van der Waals surface area contributed by atoms with E-state index in [4.69, 9.17) is 10.5 Å². The first kappa shape index (κ1) is 14.6. The van der Waals surface area contributed by atoms with Crippen LogP contribution in [-0.2, 0) is 11.3 Å². The fraction of sp³-hybridized carbons (Fsp3) is 0.214. The van der Waals surface area contributed by atoms with Crippen LogP contribution in [0.4, 0.5) is 11.5 Å². The number of anilines is 2. The number of hydrogen-bond donors (Lipinski definition) is 2. The molecule has 0 fully saturated rings. The minimum Gasteiger partial charge on any atom is -0.495 e. The zero-order chi connectivity index (χ0) is 15.2. The van der Waals surface area contributed by atoms with Crippen molar-refractivity contribution >= 4 is 17.5 Å². The van der Waals surface area contributed by atoms with Gasteiger partial charge in [0.15, 0.2) is 0 Å². The second kappa shape index (κ2) is 6.56. The van der Waals surface area contributed by atoms with Crippen molar-refractivity contribution < 1.29 is 14.3 Å². The molecule has 1 aromatic carbocycles. The van der Waals surface area contributed by atoms with E-state index in [2.05, 4.69) is 20.0 Å². The molecule has 2 rings (SSSR count). The van der Waals surface area contributed by atoms with E-state index in [1.165, 1.54) is 13.3 Å². The van der Waals surface area contributed by atoms with E-state index >= 15 is 0 Å². The van der Waals surface area contributed by atoms with Gasteiger partial charge in [0.05, 0.1) is 19.9 Å². The van der Waals surface area contributed by atoms with E-state index < -0.39 is 5.97 Å². The van der Waals surface area contributed by atoms with Gasteiger partial charge in [-0.2, -0.15) is 0 Å². The Kier molecular flexibility index (Phi) is 4.55. The molecule has 110 valence electrons. The molecule has 7 heteroatoms. The number of carbonyl (C=O) groups is 1. The van der Waals surface area contributed by atoms with Crippen LogP contribution in [-0.4, -0.2) is 30.2 Å². The summed E-state index contributed by atoms with van der Waals surface area (Å²) in [7, 11) is 2.85. The highest BCUT2D eigenvalue weighted by Gasteiger charge is 2.09. The summed E-state index contributed by atoms with van der Waals surface area (Å²) < 4.78 is 9.67. The first-order valence-electron chi connectivity index (χ1n) is 6.21. The van der Waals surface area contributed by atoms with E-state index in [1.807, 2.05) is 12.1 Å². The van der Waals surface area contributed by atoms with Gasteiger partial charge in [0.1, 0.15) is 11.6 Å². The summed E-state index contributed by atoms with van der Waals surface area (Å²) in [6, 6.07) is 7.17. The number of nitrogens with zero attached hydrogens (tertiary/aromatic N) is 2. The van der Waals surface area contributed by atoms with Crippen LogP contribution in [0.15, 0.2) is 30.5 Å². The third-order valence-corrected chi connectivity index (χ3v) is 2.79. The Labute approximate surface area is 122 Å². The molecule has 1 aromatic heterocycles. The zero-order valence-corrected chi connectivity index (χ0v) is 11.8. The van der Waals surface area contributed by atoms with Crippen molar-refractivity contribution in [2.75, 3.05) is 25.3 Å². The first-order chi connectivity index (χ1) is 10.1. The highest BCUT2D eigenvalue weighted by atomic mass is 16.5. The van der Waals surface area contributed by atoms with Crippen LogP contribution in [0.25, 0.3) is 0 Å². The summed E-state index contributed by atoms with van der Waals surface area (Å²) in [6.07, 6.45) is 1.49. The topological polar surface area (TPSA) is 99.4 Å². The molecule has 0 spiro atoms. The van der Waals surface area contributed by atoms with E-state index in [9.17, 15) is 4.79 Å². The largest absolute Gasteiger partial charge is 0.495 e. The van der Waals surface area contributed by atoms with Crippen molar-refractivity contribution in [1.82, 2.24) is 9.97 Å². The summed E-state index contributed by atoms with van der Waals surface area (Å²) in [6.45, 7) is 0.506. The molecule has 7 nitrogen and oxygen atoms in total. The van der Waals surface area contributed by atoms with Crippen LogP contribution < -0.4 is 15.8 Å². The van der Waals surface area contributed by atoms with Gasteiger partial charge in [-0.05, 0) is 23.8 Å². The smallest absolute Gasteiger partial charge is 0.376 e. The predicted molar refractivity (Wildman–Crippen MR) is 78.1 cm³/mol. The Morgan fingerprint density at radius 3 is 2.81 bits per heavy atom. The molecule has 0 unspecified atom stereocenters. The molecule has 3 N–H and O–H groups in total. The molecule has 0 bridgehead atoms. The summed E-state index contributed by atoms with van der Waals surface area (Å²) in [5, 5.41) is 3.09. The van der Waals surface area contributed by atoms with E-state index in [0.29, 0.717) is 23.8 Å².